The first-order valence-corrected chi connectivity index (χ1v) is 8.64. The van der Waals surface area contributed by atoms with E-state index in [1.54, 1.807) is 15.9 Å². The van der Waals surface area contributed by atoms with Gasteiger partial charge in [-0.2, -0.15) is 0 Å². The van der Waals surface area contributed by atoms with Crippen LogP contribution >= 0.6 is 11.3 Å². The number of hydrogen-bond acceptors (Lipinski definition) is 3. The molecule has 2 aromatic carbocycles. The van der Waals surface area contributed by atoms with E-state index in [1.165, 1.54) is 0 Å². The van der Waals surface area contributed by atoms with Crippen molar-refractivity contribution in [2.75, 3.05) is 0 Å². The van der Waals surface area contributed by atoms with Crippen LogP contribution in [0.4, 0.5) is 0 Å². The summed E-state index contributed by atoms with van der Waals surface area (Å²) in [6.45, 7) is 1.98. The van der Waals surface area contributed by atoms with E-state index in [-0.39, 0.29) is 5.91 Å². The van der Waals surface area contributed by atoms with Crippen molar-refractivity contribution in [2.45, 2.75) is 13.3 Å². The van der Waals surface area contributed by atoms with Crippen molar-refractivity contribution >= 4 is 28.0 Å². The molecular formula is C20H16N2OS. The summed E-state index contributed by atoms with van der Waals surface area (Å²) < 4.78 is 1.67. The Bertz CT molecular complexity index is 981. The van der Waals surface area contributed by atoms with Crippen LogP contribution in [0.3, 0.4) is 0 Å². The molecular weight excluding hydrogens is 316 g/mol. The highest BCUT2D eigenvalue weighted by Crippen LogP contribution is 2.30. The fourth-order valence-electron chi connectivity index (χ4n) is 2.87. The Labute approximate surface area is 144 Å². The summed E-state index contributed by atoms with van der Waals surface area (Å²) in [6.07, 6.45) is 4.08. The number of aryl methyl sites for hydroxylation is 1. The highest BCUT2D eigenvalue weighted by molar-refractivity contribution is 7.15. The molecule has 0 saturated heterocycles. The lowest BCUT2D eigenvalue weighted by Gasteiger charge is -2.03. The quantitative estimate of drug-likeness (QED) is 0.532. The van der Waals surface area contributed by atoms with E-state index in [0.29, 0.717) is 6.42 Å². The molecule has 0 fully saturated rings. The van der Waals surface area contributed by atoms with E-state index in [9.17, 15) is 4.79 Å². The van der Waals surface area contributed by atoms with Gasteiger partial charge in [0.05, 0.1) is 22.0 Å². The highest BCUT2D eigenvalue weighted by Gasteiger charge is 2.16. The van der Waals surface area contributed by atoms with E-state index < -0.39 is 0 Å². The maximum Gasteiger partial charge on any atom is 0.236 e. The number of hydrogen-bond donors (Lipinski definition) is 0. The molecule has 4 rings (SSSR count). The molecule has 2 heterocycles. The second-order valence-electron chi connectivity index (χ2n) is 5.74. The number of nitrogens with zero attached hydrogens (tertiary/aromatic N) is 2. The van der Waals surface area contributed by atoms with Gasteiger partial charge in [-0.25, -0.2) is 4.98 Å². The molecule has 0 N–H and O–H groups in total. The lowest BCUT2D eigenvalue weighted by Crippen LogP contribution is -2.12. The van der Waals surface area contributed by atoms with Crippen LogP contribution in [0.15, 0.2) is 67.0 Å². The zero-order valence-corrected chi connectivity index (χ0v) is 14.1. The largest absolute Gasteiger partial charge is 0.293 e. The second-order valence-corrected chi connectivity index (χ2v) is 6.94. The standard InChI is InChI=1S/C20H16N2OS/c1-14-21-18(20(24-14)15-7-3-2-4-8-15)11-19(23)22-12-16-9-5-6-10-17(16)13-22/h2-10,12-13H,11H2,1H3. The first-order chi connectivity index (χ1) is 11.7. The number of carbonyl (C=O) groups excluding carboxylic acids is 1. The molecule has 0 spiro atoms. The summed E-state index contributed by atoms with van der Waals surface area (Å²) in [5, 5.41) is 3.13. The van der Waals surface area contributed by atoms with Crippen LogP contribution in [0.5, 0.6) is 0 Å². The summed E-state index contributed by atoms with van der Waals surface area (Å²) in [7, 11) is 0. The fourth-order valence-corrected chi connectivity index (χ4v) is 3.81. The van der Waals surface area contributed by atoms with Gasteiger partial charge in [0.1, 0.15) is 0 Å². The Hall–Kier alpha value is -2.72. The van der Waals surface area contributed by atoms with Gasteiger partial charge in [-0.15, -0.1) is 11.3 Å². The van der Waals surface area contributed by atoms with E-state index in [4.69, 9.17) is 0 Å². The van der Waals surface area contributed by atoms with Crippen molar-refractivity contribution in [3.8, 4) is 10.4 Å². The minimum absolute atomic E-state index is 0.0358. The van der Waals surface area contributed by atoms with E-state index in [1.807, 2.05) is 61.8 Å². The Morgan fingerprint density at radius 3 is 2.29 bits per heavy atom. The lowest BCUT2D eigenvalue weighted by atomic mass is 10.1. The molecule has 0 unspecified atom stereocenters. The van der Waals surface area contributed by atoms with E-state index in [2.05, 4.69) is 17.1 Å². The van der Waals surface area contributed by atoms with Gasteiger partial charge in [0.25, 0.3) is 0 Å². The van der Waals surface area contributed by atoms with Crippen molar-refractivity contribution in [1.82, 2.24) is 9.55 Å². The molecule has 2 aromatic heterocycles. The van der Waals surface area contributed by atoms with Crippen molar-refractivity contribution in [3.63, 3.8) is 0 Å². The van der Waals surface area contributed by atoms with Crippen LogP contribution in [-0.4, -0.2) is 15.5 Å². The van der Waals surface area contributed by atoms with E-state index >= 15 is 0 Å². The molecule has 0 bridgehead atoms. The number of thiazole rings is 1. The molecule has 0 aliphatic carbocycles. The lowest BCUT2D eigenvalue weighted by molar-refractivity contribution is 0.0914. The molecule has 0 aliphatic heterocycles. The van der Waals surface area contributed by atoms with Crippen molar-refractivity contribution in [3.05, 3.63) is 77.7 Å². The Kier molecular flexibility index (Phi) is 3.75. The van der Waals surface area contributed by atoms with Gasteiger partial charge in [-0.05, 0) is 23.3 Å². The van der Waals surface area contributed by atoms with Gasteiger partial charge in [0, 0.05) is 12.4 Å². The Morgan fingerprint density at radius 1 is 1.00 bits per heavy atom. The van der Waals surface area contributed by atoms with Crippen molar-refractivity contribution in [2.24, 2.45) is 0 Å². The summed E-state index contributed by atoms with van der Waals surface area (Å²) in [6, 6.07) is 18.1. The summed E-state index contributed by atoms with van der Waals surface area (Å²) in [4.78, 5) is 18.4. The van der Waals surface area contributed by atoms with Gasteiger partial charge >= 0.3 is 0 Å². The van der Waals surface area contributed by atoms with Crippen molar-refractivity contribution < 1.29 is 4.79 Å². The maximum atomic E-state index is 12.7. The summed E-state index contributed by atoms with van der Waals surface area (Å²) >= 11 is 1.64. The second kappa shape index (κ2) is 6.06. The molecule has 118 valence electrons. The fraction of sp³-hybridized carbons (Fsp3) is 0.100. The average molecular weight is 332 g/mol. The molecule has 0 atom stereocenters. The van der Waals surface area contributed by atoms with Gasteiger partial charge in [0.15, 0.2) is 0 Å². The van der Waals surface area contributed by atoms with Crippen LogP contribution in [0.25, 0.3) is 21.2 Å². The molecule has 0 aliphatic rings. The Balaban J connectivity index is 1.67. The monoisotopic (exact) mass is 332 g/mol. The third-order valence-electron chi connectivity index (χ3n) is 4.00. The summed E-state index contributed by atoms with van der Waals surface area (Å²) in [5.74, 6) is 0.0358. The first-order valence-electron chi connectivity index (χ1n) is 7.82. The number of aromatic nitrogens is 2. The number of rotatable bonds is 3. The van der Waals surface area contributed by atoms with Gasteiger partial charge in [-0.3, -0.25) is 9.36 Å². The molecule has 0 radical (unpaired) electrons. The average Bonchev–Trinajstić information content (AvgIpc) is 3.19. The maximum absolute atomic E-state index is 12.7. The number of fused-ring (bicyclic) bond motifs is 1. The molecule has 3 nitrogen and oxygen atoms in total. The topological polar surface area (TPSA) is 34.9 Å². The van der Waals surface area contributed by atoms with Crippen LogP contribution in [0, 0.1) is 6.92 Å². The predicted molar refractivity (Wildman–Crippen MR) is 98.6 cm³/mol. The van der Waals surface area contributed by atoms with Crippen LogP contribution in [0.1, 0.15) is 15.5 Å². The minimum Gasteiger partial charge on any atom is -0.293 e. The number of benzene rings is 2. The molecule has 4 heteroatoms. The smallest absolute Gasteiger partial charge is 0.236 e. The normalized spacial score (nSPS) is 11.0. The van der Waals surface area contributed by atoms with Crippen LogP contribution in [-0.2, 0) is 6.42 Å². The molecule has 4 aromatic rings. The minimum atomic E-state index is 0.0358. The van der Waals surface area contributed by atoms with Crippen LogP contribution in [0.2, 0.25) is 0 Å². The third kappa shape index (κ3) is 2.76. The SMILES string of the molecule is Cc1nc(CC(=O)n2cc3ccccc3c2)c(-c2ccccc2)s1. The van der Waals surface area contributed by atoms with Gasteiger partial charge in [-0.1, -0.05) is 54.6 Å². The zero-order valence-electron chi connectivity index (χ0n) is 13.3. The highest BCUT2D eigenvalue weighted by atomic mass is 32.1. The van der Waals surface area contributed by atoms with Crippen LogP contribution < -0.4 is 0 Å². The zero-order chi connectivity index (χ0) is 16.5. The first kappa shape index (κ1) is 14.8. The predicted octanol–water partition coefficient (Wildman–Crippen LogP) is 4.96. The van der Waals surface area contributed by atoms with Gasteiger partial charge in [0.2, 0.25) is 5.91 Å². The Morgan fingerprint density at radius 2 is 1.62 bits per heavy atom. The van der Waals surface area contributed by atoms with E-state index in [0.717, 1.165) is 31.9 Å². The van der Waals surface area contributed by atoms with Crippen molar-refractivity contribution in [1.29, 1.82) is 0 Å². The van der Waals surface area contributed by atoms with Gasteiger partial charge < -0.3 is 0 Å². The molecule has 24 heavy (non-hydrogen) atoms. The molecule has 0 saturated carbocycles. The number of carbonyl (C=O) groups is 1. The molecule has 0 amide bonds. The third-order valence-corrected chi connectivity index (χ3v) is 5.06. The summed E-state index contributed by atoms with van der Waals surface area (Å²) in [5.41, 5.74) is 1.97.